The summed E-state index contributed by atoms with van der Waals surface area (Å²) in [7, 11) is -3.53. The summed E-state index contributed by atoms with van der Waals surface area (Å²) in [4.78, 5) is 3.97. The fourth-order valence-electron chi connectivity index (χ4n) is 1.56. The van der Waals surface area contributed by atoms with Crippen LogP contribution in [0.2, 0.25) is 0 Å². The maximum Gasteiger partial charge on any atom is 0.242 e. The highest BCUT2D eigenvalue weighted by atomic mass is 32.2. The first-order valence-corrected chi connectivity index (χ1v) is 6.96. The summed E-state index contributed by atoms with van der Waals surface area (Å²) in [5.74, 6) is 0. The zero-order chi connectivity index (χ0) is 13.0. The molecule has 1 atom stereocenters. The van der Waals surface area contributed by atoms with Gasteiger partial charge in [-0.05, 0) is 30.7 Å². The van der Waals surface area contributed by atoms with Gasteiger partial charge in [0.2, 0.25) is 10.0 Å². The lowest BCUT2D eigenvalue weighted by molar-refractivity contribution is 0.566. The summed E-state index contributed by atoms with van der Waals surface area (Å²) in [6.07, 6.45) is 2.86. The van der Waals surface area contributed by atoms with E-state index in [1.165, 1.54) is 18.5 Å². The maximum atomic E-state index is 12.1. The average Bonchev–Trinajstić information content (AvgIpc) is 2.40. The fraction of sp³-hybridized carbons (Fsp3) is 0.154. The zero-order valence-corrected chi connectivity index (χ0v) is 10.7. The second-order valence-corrected chi connectivity index (χ2v) is 5.58. The lowest BCUT2D eigenvalue weighted by Gasteiger charge is -2.14. The molecule has 0 bridgehead atoms. The molecule has 2 rings (SSSR count). The summed E-state index contributed by atoms with van der Waals surface area (Å²) >= 11 is 0. The van der Waals surface area contributed by atoms with Gasteiger partial charge in [-0.1, -0.05) is 24.3 Å². The van der Waals surface area contributed by atoms with Crippen LogP contribution in [-0.2, 0) is 10.0 Å². The average molecular weight is 261 g/mol. The van der Waals surface area contributed by atoms with Crippen molar-refractivity contribution < 1.29 is 8.42 Å². The van der Waals surface area contributed by atoms with Crippen molar-refractivity contribution in [3.8, 4) is 0 Å². The number of hydrogen-bond acceptors (Lipinski definition) is 3. The molecular weight excluding hydrogens is 248 g/mol. The van der Waals surface area contributed by atoms with Gasteiger partial charge in [-0.15, -0.1) is 0 Å². The van der Waals surface area contributed by atoms with Gasteiger partial charge in [-0.25, -0.2) is 13.1 Å². The molecule has 1 heterocycles. The Balaban J connectivity index is 2.20. The number of aromatic nitrogens is 1. The van der Waals surface area contributed by atoms with Crippen molar-refractivity contribution in [1.29, 1.82) is 0 Å². The molecule has 5 heteroatoms. The minimum Gasteiger partial charge on any atom is -0.263 e. The second-order valence-electron chi connectivity index (χ2n) is 3.87. The van der Waals surface area contributed by atoms with E-state index in [9.17, 15) is 8.42 Å². The normalized spacial score (nSPS) is 13.2. The summed E-state index contributed by atoms with van der Waals surface area (Å²) in [6, 6.07) is 12.9. The number of nitrogens with zero attached hydrogens (tertiary/aromatic N) is 1. The molecule has 1 radical (unpaired) electrons. The van der Waals surface area contributed by atoms with Crippen LogP contribution >= 0.6 is 0 Å². The molecule has 0 aliphatic rings. The Labute approximate surface area is 107 Å². The van der Waals surface area contributed by atoms with Gasteiger partial charge in [0.05, 0.1) is 0 Å². The van der Waals surface area contributed by atoms with Crippen LogP contribution in [0.15, 0.2) is 53.7 Å². The predicted octanol–water partition coefficient (Wildman–Crippen LogP) is 1.92. The Kier molecular flexibility index (Phi) is 3.74. The lowest BCUT2D eigenvalue weighted by atomic mass is 10.1. The van der Waals surface area contributed by atoms with E-state index in [0.717, 1.165) is 5.56 Å². The first-order valence-electron chi connectivity index (χ1n) is 5.48. The molecule has 18 heavy (non-hydrogen) atoms. The van der Waals surface area contributed by atoms with Crippen molar-refractivity contribution in [2.24, 2.45) is 0 Å². The van der Waals surface area contributed by atoms with Gasteiger partial charge in [-0.3, -0.25) is 4.98 Å². The second kappa shape index (κ2) is 5.29. The Bertz CT molecular complexity index is 597. The van der Waals surface area contributed by atoms with Gasteiger partial charge in [0, 0.05) is 18.4 Å². The number of rotatable bonds is 4. The molecule has 4 nitrogen and oxygen atoms in total. The molecule has 0 saturated heterocycles. The number of benzene rings is 1. The molecule has 0 spiro atoms. The Morgan fingerprint density at radius 1 is 1.28 bits per heavy atom. The van der Waals surface area contributed by atoms with Gasteiger partial charge in [0.15, 0.2) is 0 Å². The van der Waals surface area contributed by atoms with E-state index in [0.29, 0.717) is 0 Å². The van der Waals surface area contributed by atoms with Crippen molar-refractivity contribution in [3.05, 3.63) is 60.4 Å². The monoisotopic (exact) mass is 261 g/mol. The van der Waals surface area contributed by atoms with E-state index < -0.39 is 10.0 Å². The Morgan fingerprint density at radius 2 is 2.00 bits per heavy atom. The smallest absolute Gasteiger partial charge is 0.242 e. The molecule has 0 unspecified atom stereocenters. The minimum atomic E-state index is -3.53. The van der Waals surface area contributed by atoms with Gasteiger partial charge in [0.1, 0.15) is 4.90 Å². The molecule has 0 fully saturated rings. The molecule has 93 valence electrons. The van der Waals surface area contributed by atoms with Gasteiger partial charge in [0.25, 0.3) is 0 Å². The third-order valence-electron chi connectivity index (χ3n) is 2.52. The predicted molar refractivity (Wildman–Crippen MR) is 68.3 cm³/mol. The van der Waals surface area contributed by atoms with Crippen LogP contribution in [0.25, 0.3) is 0 Å². The summed E-state index contributed by atoms with van der Waals surface area (Å²) in [5.41, 5.74) is 0.890. The molecule has 2 aromatic rings. The van der Waals surface area contributed by atoms with Crippen molar-refractivity contribution in [2.75, 3.05) is 0 Å². The molecule has 1 N–H and O–H groups in total. The summed E-state index contributed by atoms with van der Waals surface area (Å²) < 4.78 is 26.7. The Morgan fingerprint density at radius 3 is 2.61 bits per heavy atom. The molecule has 0 amide bonds. The molecule has 0 aliphatic heterocycles. The van der Waals surface area contributed by atoms with Crippen LogP contribution in [0.3, 0.4) is 0 Å². The van der Waals surface area contributed by atoms with Crippen molar-refractivity contribution in [3.63, 3.8) is 0 Å². The van der Waals surface area contributed by atoms with E-state index in [-0.39, 0.29) is 10.9 Å². The van der Waals surface area contributed by atoms with Crippen molar-refractivity contribution >= 4 is 10.0 Å². The SMILES string of the molecule is C[C@@H](NS(=O)(=O)c1cccnc1)c1cc[c]cc1. The first kappa shape index (κ1) is 12.7. The maximum absolute atomic E-state index is 12.1. The van der Waals surface area contributed by atoms with Crippen LogP contribution in [0.4, 0.5) is 0 Å². The topological polar surface area (TPSA) is 59.1 Å². The highest BCUT2D eigenvalue weighted by Gasteiger charge is 2.17. The molecular formula is C13H13N2O2S. The number of pyridine rings is 1. The number of sulfonamides is 1. The van der Waals surface area contributed by atoms with E-state index in [1.807, 2.05) is 12.1 Å². The van der Waals surface area contributed by atoms with E-state index in [1.54, 1.807) is 25.1 Å². The van der Waals surface area contributed by atoms with Crippen LogP contribution in [-0.4, -0.2) is 13.4 Å². The molecule has 0 aliphatic carbocycles. The van der Waals surface area contributed by atoms with Gasteiger partial charge >= 0.3 is 0 Å². The molecule has 1 aromatic carbocycles. The number of hydrogen-bond donors (Lipinski definition) is 1. The van der Waals surface area contributed by atoms with E-state index >= 15 is 0 Å². The quantitative estimate of drug-likeness (QED) is 0.914. The van der Waals surface area contributed by atoms with Crippen LogP contribution < -0.4 is 4.72 Å². The third kappa shape index (κ3) is 2.94. The third-order valence-corrected chi connectivity index (χ3v) is 4.05. The van der Waals surface area contributed by atoms with Crippen molar-refractivity contribution in [1.82, 2.24) is 9.71 Å². The highest BCUT2D eigenvalue weighted by molar-refractivity contribution is 7.89. The van der Waals surface area contributed by atoms with Crippen LogP contribution in [0.5, 0.6) is 0 Å². The van der Waals surface area contributed by atoms with Crippen LogP contribution in [0.1, 0.15) is 18.5 Å². The van der Waals surface area contributed by atoms with Gasteiger partial charge in [-0.2, -0.15) is 0 Å². The Hall–Kier alpha value is -1.72. The minimum absolute atomic E-state index is 0.166. The first-order chi connectivity index (χ1) is 8.59. The van der Waals surface area contributed by atoms with Crippen LogP contribution in [0, 0.1) is 6.07 Å². The lowest BCUT2D eigenvalue weighted by Crippen LogP contribution is -2.26. The van der Waals surface area contributed by atoms with E-state index in [4.69, 9.17) is 0 Å². The molecule has 1 aromatic heterocycles. The van der Waals surface area contributed by atoms with Gasteiger partial charge < -0.3 is 0 Å². The van der Waals surface area contributed by atoms with Crippen molar-refractivity contribution in [2.45, 2.75) is 17.9 Å². The summed E-state index contributed by atoms with van der Waals surface area (Å²) in [6.45, 7) is 1.79. The van der Waals surface area contributed by atoms with E-state index in [2.05, 4.69) is 15.8 Å². The largest absolute Gasteiger partial charge is 0.263 e. The number of nitrogens with one attached hydrogen (secondary N) is 1. The fourth-order valence-corrected chi connectivity index (χ4v) is 2.76. The highest BCUT2D eigenvalue weighted by Crippen LogP contribution is 2.15. The molecule has 0 saturated carbocycles. The standard InChI is InChI=1S/C13H13N2O2S/c1-11(12-6-3-2-4-7-12)15-18(16,17)13-8-5-9-14-10-13/h3-11,15H,1H3/t11-/m1/s1. The zero-order valence-electron chi connectivity index (χ0n) is 9.87. The summed E-state index contributed by atoms with van der Waals surface area (Å²) in [5, 5.41) is 0.